The Kier molecular flexibility index (Phi) is 3.55. The fraction of sp³-hybridized carbons (Fsp3) is 0.500. The van der Waals surface area contributed by atoms with Crippen molar-refractivity contribution in [1.29, 1.82) is 0 Å². The summed E-state index contributed by atoms with van der Waals surface area (Å²) in [5, 5.41) is 0. The molecule has 0 aliphatic rings. The van der Waals surface area contributed by atoms with Gasteiger partial charge in [-0.1, -0.05) is 13.3 Å². The predicted octanol–water partition coefficient (Wildman–Crippen LogP) is 2.46. The van der Waals surface area contributed by atoms with E-state index in [1.807, 2.05) is 13.8 Å². The number of aromatic nitrogens is 2. The lowest BCUT2D eigenvalue weighted by atomic mass is 10.2. The van der Waals surface area contributed by atoms with Crippen molar-refractivity contribution in [3.05, 3.63) is 17.7 Å². The molecule has 0 aliphatic carbocycles. The largest absolute Gasteiger partial charge is 0.258 e. The number of aliphatic imine (C=N–C) groups is 1. The van der Waals surface area contributed by atoms with Crippen LogP contribution in [0.4, 0.5) is 5.69 Å². The fourth-order valence-electron chi connectivity index (χ4n) is 1.23. The van der Waals surface area contributed by atoms with Crippen molar-refractivity contribution in [2.24, 2.45) is 4.99 Å². The molecular formula is C10H15N3. The second kappa shape index (κ2) is 4.70. The van der Waals surface area contributed by atoms with Gasteiger partial charge in [0, 0.05) is 6.21 Å². The number of hydrogen-bond donors (Lipinski definition) is 0. The van der Waals surface area contributed by atoms with Crippen LogP contribution in [0.5, 0.6) is 0 Å². The van der Waals surface area contributed by atoms with E-state index in [1.54, 1.807) is 12.5 Å². The number of nitrogens with zero attached hydrogens (tertiary/aromatic N) is 3. The molecule has 3 heteroatoms. The summed E-state index contributed by atoms with van der Waals surface area (Å²) in [6.45, 7) is 6.00. The zero-order valence-electron chi connectivity index (χ0n) is 8.41. The fourth-order valence-corrected chi connectivity index (χ4v) is 1.23. The van der Waals surface area contributed by atoms with Gasteiger partial charge in [0.2, 0.25) is 0 Å². The first kappa shape index (κ1) is 9.84. The molecule has 1 aromatic rings. The highest BCUT2D eigenvalue weighted by Gasteiger charge is 2.04. The van der Waals surface area contributed by atoms with E-state index in [0.29, 0.717) is 0 Å². The first-order chi connectivity index (χ1) is 6.29. The van der Waals surface area contributed by atoms with Crippen molar-refractivity contribution in [2.45, 2.75) is 33.6 Å². The third-order valence-corrected chi connectivity index (χ3v) is 1.83. The van der Waals surface area contributed by atoms with Gasteiger partial charge in [0.05, 0.1) is 11.4 Å². The van der Waals surface area contributed by atoms with Gasteiger partial charge in [0.1, 0.15) is 12.0 Å². The van der Waals surface area contributed by atoms with E-state index in [0.717, 1.165) is 29.9 Å². The minimum absolute atomic E-state index is 0.937. The summed E-state index contributed by atoms with van der Waals surface area (Å²) >= 11 is 0. The quantitative estimate of drug-likeness (QED) is 0.665. The average Bonchev–Trinajstić information content (AvgIpc) is 2.11. The third-order valence-electron chi connectivity index (χ3n) is 1.83. The van der Waals surface area contributed by atoms with Gasteiger partial charge in [-0.25, -0.2) is 9.97 Å². The van der Waals surface area contributed by atoms with Crippen molar-refractivity contribution >= 4 is 11.9 Å². The Bertz CT molecular complexity index is 305. The van der Waals surface area contributed by atoms with E-state index in [1.165, 1.54) is 0 Å². The third kappa shape index (κ3) is 2.34. The zero-order chi connectivity index (χ0) is 9.68. The highest BCUT2D eigenvalue weighted by atomic mass is 14.9. The Morgan fingerprint density at radius 1 is 1.46 bits per heavy atom. The molecule has 0 bridgehead atoms. The van der Waals surface area contributed by atoms with Crippen LogP contribution in [0.15, 0.2) is 11.3 Å². The molecule has 0 amide bonds. The van der Waals surface area contributed by atoms with E-state index in [9.17, 15) is 0 Å². The van der Waals surface area contributed by atoms with Gasteiger partial charge >= 0.3 is 0 Å². The molecule has 1 rings (SSSR count). The lowest BCUT2D eigenvalue weighted by Gasteiger charge is -2.04. The maximum atomic E-state index is 4.27. The summed E-state index contributed by atoms with van der Waals surface area (Å²) in [5.41, 5.74) is 2.94. The molecule has 0 spiro atoms. The lowest BCUT2D eigenvalue weighted by Crippen LogP contribution is -1.94. The maximum absolute atomic E-state index is 4.27. The monoisotopic (exact) mass is 177 g/mol. The second-order valence-corrected chi connectivity index (χ2v) is 2.89. The Balaban J connectivity index is 3.09. The molecule has 0 N–H and O–H groups in total. The molecule has 0 aliphatic heterocycles. The average molecular weight is 177 g/mol. The summed E-state index contributed by atoms with van der Waals surface area (Å²) in [4.78, 5) is 12.6. The van der Waals surface area contributed by atoms with Crippen LogP contribution >= 0.6 is 0 Å². The van der Waals surface area contributed by atoms with Gasteiger partial charge in [-0.2, -0.15) is 0 Å². The normalized spacial score (nSPS) is 11.0. The van der Waals surface area contributed by atoms with Crippen LogP contribution in [0.25, 0.3) is 0 Å². The van der Waals surface area contributed by atoms with Crippen LogP contribution in [0, 0.1) is 6.92 Å². The molecular weight excluding hydrogens is 162 g/mol. The molecule has 0 unspecified atom stereocenters. The summed E-state index contributed by atoms with van der Waals surface area (Å²) in [7, 11) is 0. The molecule has 13 heavy (non-hydrogen) atoms. The van der Waals surface area contributed by atoms with Gasteiger partial charge in [-0.15, -0.1) is 0 Å². The molecule has 3 nitrogen and oxygen atoms in total. The molecule has 1 aromatic heterocycles. The first-order valence-electron chi connectivity index (χ1n) is 4.58. The van der Waals surface area contributed by atoms with Crippen LogP contribution in [-0.2, 0) is 6.42 Å². The standard InChI is InChI=1S/C10H15N3/c1-4-6-9-10(11-5-2)8(3)12-7-13-9/h5,7H,4,6H2,1-3H3. The van der Waals surface area contributed by atoms with Crippen LogP contribution in [0.1, 0.15) is 31.7 Å². The Morgan fingerprint density at radius 2 is 2.23 bits per heavy atom. The maximum Gasteiger partial charge on any atom is 0.116 e. The van der Waals surface area contributed by atoms with E-state index in [2.05, 4.69) is 21.9 Å². The van der Waals surface area contributed by atoms with E-state index >= 15 is 0 Å². The molecule has 0 fully saturated rings. The van der Waals surface area contributed by atoms with Crippen molar-refractivity contribution in [1.82, 2.24) is 9.97 Å². The van der Waals surface area contributed by atoms with Crippen molar-refractivity contribution in [2.75, 3.05) is 0 Å². The lowest BCUT2D eigenvalue weighted by molar-refractivity contribution is 0.866. The first-order valence-corrected chi connectivity index (χ1v) is 4.58. The van der Waals surface area contributed by atoms with Crippen molar-refractivity contribution in [3.8, 4) is 0 Å². The summed E-state index contributed by atoms with van der Waals surface area (Å²) in [5.74, 6) is 0. The van der Waals surface area contributed by atoms with Crippen LogP contribution < -0.4 is 0 Å². The minimum atomic E-state index is 0.937. The van der Waals surface area contributed by atoms with E-state index in [4.69, 9.17) is 0 Å². The smallest absolute Gasteiger partial charge is 0.116 e. The Hall–Kier alpha value is -1.25. The van der Waals surface area contributed by atoms with Gasteiger partial charge in [0.15, 0.2) is 0 Å². The van der Waals surface area contributed by atoms with Crippen LogP contribution in [0.2, 0.25) is 0 Å². The Morgan fingerprint density at radius 3 is 2.85 bits per heavy atom. The van der Waals surface area contributed by atoms with Crippen LogP contribution in [-0.4, -0.2) is 16.2 Å². The summed E-state index contributed by atoms with van der Waals surface area (Å²) < 4.78 is 0. The SMILES string of the molecule is CC=Nc1c(C)ncnc1CCC. The van der Waals surface area contributed by atoms with Gasteiger partial charge in [-0.3, -0.25) is 4.99 Å². The summed E-state index contributed by atoms with van der Waals surface area (Å²) in [6.07, 6.45) is 5.44. The number of hydrogen-bond acceptors (Lipinski definition) is 3. The second-order valence-electron chi connectivity index (χ2n) is 2.89. The zero-order valence-corrected chi connectivity index (χ0v) is 8.41. The Labute approximate surface area is 79.0 Å². The van der Waals surface area contributed by atoms with Gasteiger partial charge in [-0.05, 0) is 20.3 Å². The van der Waals surface area contributed by atoms with Crippen LogP contribution in [0.3, 0.4) is 0 Å². The molecule has 0 saturated heterocycles. The molecule has 0 radical (unpaired) electrons. The number of rotatable bonds is 3. The summed E-state index contributed by atoms with van der Waals surface area (Å²) in [6, 6.07) is 0. The molecule has 70 valence electrons. The number of aryl methyl sites for hydroxylation is 2. The molecule has 0 atom stereocenters. The highest BCUT2D eigenvalue weighted by molar-refractivity contribution is 5.62. The van der Waals surface area contributed by atoms with Gasteiger partial charge < -0.3 is 0 Å². The molecule has 0 saturated carbocycles. The van der Waals surface area contributed by atoms with E-state index in [-0.39, 0.29) is 0 Å². The predicted molar refractivity (Wildman–Crippen MR) is 54.6 cm³/mol. The van der Waals surface area contributed by atoms with E-state index < -0.39 is 0 Å². The van der Waals surface area contributed by atoms with Gasteiger partial charge in [0.25, 0.3) is 0 Å². The molecule has 0 aromatic carbocycles. The van der Waals surface area contributed by atoms with Crippen molar-refractivity contribution < 1.29 is 0 Å². The highest BCUT2D eigenvalue weighted by Crippen LogP contribution is 2.20. The minimum Gasteiger partial charge on any atom is -0.258 e. The van der Waals surface area contributed by atoms with Crippen molar-refractivity contribution in [3.63, 3.8) is 0 Å². The molecule has 1 heterocycles. The topological polar surface area (TPSA) is 38.1 Å².